The van der Waals surface area contributed by atoms with Gasteiger partial charge < -0.3 is 5.32 Å². The Morgan fingerprint density at radius 1 is 0.893 bits per heavy atom. The van der Waals surface area contributed by atoms with E-state index in [1.807, 2.05) is 67.6 Å². The Balaban J connectivity index is 1.60. The zero-order valence-electron chi connectivity index (χ0n) is 15.6. The summed E-state index contributed by atoms with van der Waals surface area (Å²) in [6.45, 7) is 6.14. The molecule has 0 atom stereocenters. The molecule has 142 valence electrons. The molecular weight excluding hydrogens is 389 g/mol. The van der Waals surface area contributed by atoms with E-state index in [4.69, 9.17) is 23.2 Å². The number of nitrogens with one attached hydrogen (secondary N) is 1. The number of carbonyl (C=O) groups excluding carboxylic acids is 1. The second-order valence-corrected chi connectivity index (χ2v) is 7.63. The number of allylic oxidation sites excluding steroid dienone is 1. The lowest BCUT2D eigenvalue weighted by Gasteiger charge is -2.10. The molecule has 0 aliphatic rings. The van der Waals surface area contributed by atoms with Crippen LogP contribution in [0.2, 0.25) is 10.0 Å². The van der Waals surface area contributed by atoms with Crippen molar-refractivity contribution in [3.63, 3.8) is 0 Å². The van der Waals surface area contributed by atoms with E-state index in [1.54, 1.807) is 6.07 Å². The van der Waals surface area contributed by atoms with Crippen LogP contribution in [0.25, 0.3) is 0 Å². The quantitative estimate of drug-likeness (QED) is 0.440. The first-order chi connectivity index (χ1) is 13.4. The van der Waals surface area contributed by atoms with Crippen molar-refractivity contribution in [2.24, 2.45) is 0 Å². The van der Waals surface area contributed by atoms with E-state index in [0.717, 1.165) is 40.8 Å². The Morgan fingerprint density at radius 2 is 1.54 bits per heavy atom. The Kier molecular flexibility index (Phi) is 6.56. The fourth-order valence-electron chi connectivity index (χ4n) is 2.97. The van der Waals surface area contributed by atoms with Crippen LogP contribution in [0.3, 0.4) is 0 Å². The van der Waals surface area contributed by atoms with Gasteiger partial charge in [-0.15, -0.1) is 0 Å². The van der Waals surface area contributed by atoms with Crippen LogP contribution in [0.1, 0.15) is 27.0 Å². The first-order valence-electron chi connectivity index (χ1n) is 8.99. The highest BCUT2D eigenvalue weighted by Gasteiger charge is 2.08. The minimum atomic E-state index is -0.115. The molecule has 4 heteroatoms. The SMILES string of the molecule is C=C(Cc1ccc(C(=O)Nc2ccccc2C)cc1)Cc1ccc(Cl)c(Cl)c1. The summed E-state index contributed by atoms with van der Waals surface area (Å²) in [5, 5.41) is 4.05. The molecule has 0 radical (unpaired) electrons. The summed E-state index contributed by atoms with van der Waals surface area (Å²) in [5.41, 5.74) is 5.74. The van der Waals surface area contributed by atoms with Gasteiger partial charge in [-0.05, 0) is 66.8 Å². The van der Waals surface area contributed by atoms with Gasteiger partial charge in [0.2, 0.25) is 0 Å². The van der Waals surface area contributed by atoms with Crippen LogP contribution in [0.4, 0.5) is 5.69 Å². The minimum absolute atomic E-state index is 0.115. The number of benzene rings is 3. The molecule has 0 heterocycles. The second-order valence-electron chi connectivity index (χ2n) is 6.82. The molecule has 3 aromatic carbocycles. The summed E-state index contributed by atoms with van der Waals surface area (Å²) in [6, 6.07) is 21.0. The molecule has 1 amide bonds. The van der Waals surface area contributed by atoms with Crippen LogP contribution >= 0.6 is 23.2 Å². The maximum Gasteiger partial charge on any atom is 0.255 e. The van der Waals surface area contributed by atoms with E-state index in [9.17, 15) is 4.79 Å². The van der Waals surface area contributed by atoms with Gasteiger partial charge in [-0.1, -0.05) is 71.8 Å². The molecule has 1 N–H and O–H groups in total. The van der Waals surface area contributed by atoms with Crippen molar-refractivity contribution >= 4 is 34.8 Å². The van der Waals surface area contributed by atoms with Crippen LogP contribution in [0, 0.1) is 6.92 Å². The zero-order chi connectivity index (χ0) is 20.1. The molecule has 0 unspecified atom stereocenters. The number of amides is 1. The molecule has 2 nitrogen and oxygen atoms in total. The largest absolute Gasteiger partial charge is 0.322 e. The van der Waals surface area contributed by atoms with Crippen LogP contribution in [0.5, 0.6) is 0 Å². The monoisotopic (exact) mass is 409 g/mol. The number of carbonyl (C=O) groups is 1. The lowest BCUT2D eigenvalue weighted by atomic mass is 9.99. The first-order valence-corrected chi connectivity index (χ1v) is 9.74. The average Bonchev–Trinajstić information content (AvgIpc) is 2.67. The Morgan fingerprint density at radius 3 is 2.21 bits per heavy atom. The fourth-order valence-corrected chi connectivity index (χ4v) is 3.29. The Bertz CT molecular complexity index is 1010. The summed E-state index contributed by atoms with van der Waals surface area (Å²) >= 11 is 12.0. The molecular formula is C24H21Cl2NO. The maximum absolute atomic E-state index is 12.4. The number of aryl methyl sites for hydroxylation is 1. The van der Waals surface area contributed by atoms with Crippen molar-refractivity contribution in [2.45, 2.75) is 19.8 Å². The van der Waals surface area contributed by atoms with Gasteiger partial charge in [-0.2, -0.15) is 0 Å². The third-order valence-corrected chi connectivity index (χ3v) is 5.24. The van der Waals surface area contributed by atoms with Gasteiger partial charge in [0, 0.05) is 11.3 Å². The third kappa shape index (κ3) is 5.25. The summed E-state index contributed by atoms with van der Waals surface area (Å²) in [5.74, 6) is -0.115. The van der Waals surface area contributed by atoms with E-state index >= 15 is 0 Å². The van der Waals surface area contributed by atoms with E-state index < -0.39 is 0 Å². The molecule has 0 aromatic heterocycles. The summed E-state index contributed by atoms with van der Waals surface area (Å²) < 4.78 is 0. The van der Waals surface area contributed by atoms with Crippen molar-refractivity contribution in [2.75, 3.05) is 5.32 Å². The smallest absolute Gasteiger partial charge is 0.255 e. The first kappa shape index (κ1) is 20.2. The highest BCUT2D eigenvalue weighted by atomic mass is 35.5. The fraction of sp³-hybridized carbons (Fsp3) is 0.125. The van der Waals surface area contributed by atoms with E-state index in [2.05, 4.69) is 11.9 Å². The molecule has 0 saturated heterocycles. The van der Waals surface area contributed by atoms with Crippen molar-refractivity contribution in [3.8, 4) is 0 Å². The van der Waals surface area contributed by atoms with Gasteiger partial charge in [0.1, 0.15) is 0 Å². The predicted octanol–water partition coefficient (Wildman–Crippen LogP) is 6.90. The number of hydrogen-bond acceptors (Lipinski definition) is 1. The van der Waals surface area contributed by atoms with Gasteiger partial charge in [-0.25, -0.2) is 0 Å². The number of anilines is 1. The molecule has 3 rings (SSSR count). The van der Waals surface area contributed by atoms with E-state index in [1.165, 1.54) is 0 Å². The van der Waals surface area contributed by atoms with Gasteiger partial charge in [-0.3, -0.25) is 4.79 Å². The molecule has 28 heavy (non-hydrogen) atoms. The van der Waals surface area contributed by atoms with Gasteiger partial charge in [0.15, 0.2) is 0 Å². The minimum Gasteiger partial charge on any atom is -0.322 e. The van der Waals surface area contributed by atoms with Crippen molar-refractivity contribution in [3.05, 3.63) is 111 Å². The number of rotatable bonds is 6. The molecule has 0 saturated carbocycles. The summed E-state index contributed by atoms with van der Waals surface area (Å²) in [4.78, 5) is 12.4. The lowest BCUT2D eigenvalue weighted by Crippen LogP contribution is -2.12. The predicted molar refractivity (Wildman–Crippen MR) is 119 cm³/mol. The van der Waals surface area contributed by atoms with Crippen LogP contribution in [0.15, 0.2) is 78.9 Å². The molecule has 3 aromatic rings. The molecule has 0 spiro atoms. The van der Waals surface area contributed by atoms with Gasteiger partial charge >= 0.3 is 0 Å². The summed E-state index contributed by atoms with van der Waals surface area (Å²) in [6.07, 6.45) is 1.46. The topological polar surface area (TPSA) is 29.1 Å². The molecule has 0 aliphatic heterocycles. The zero-order valence-corrected chi connectivity index (χ0v) is 17.1. The normalized spacial score (nSPS) is 10.5. The third-order valence-electron chi connectivity index (χ3n) is 4.50. The number of para-hydroxylation sites is 1. The van der Waals surface area contributed by atoms with Gasteiger partial charge in [0.25, 0.3) is 5.91 Å². The molecule has 0 fully saturated rings. The number of halogens is 2. The Hall–Kier alpha value is -2.55. The van der Waals surface area contributed by atoms with Crippen LogP contribution < -0.4 is 5.32 Å². The van der Waals surface area contributed by atoms with Crippen molar-refractivity contribution in [1.29, 1.82) is 0 Å². The van der Waals surface area contributed by atoms with Crippen LogP contribution in [-0.2, 0) is 12.8 Å². The van der Waals surface area contributed by atoms with Crippen molar-refractivity contribution < 1.29 is 4.79 Å². The van der Waals surface area contributed by atoms with Gasteiger partial charge in [0.05, 0.1) is 10.0 Å². The van der Waals surface area contributed by atoms with E-state index in [-0.39, 0.29) is 5.91 Å². The van der Waals surface area contributed by atoms with Crippen LogP contribution in [-0.4, -0.2) is 5.91 Å². The molecule has 0 bridgehead atoms. The summed E-state index contributed by atoms with van der Waals surface area (Å²) in [7, 11) is 0. The highest BCUT2D eigenvalue weighted by molar-refractivity contribution is 6.42. The Labute approximate surface area is 175 Å². The van der Waals surface area contributed by atoms with Crippen molar-refractivity contribution in [1.82, 2.24) is 0 Å². The lowest BCUT2D eigenvalue weighted by molar-refractivity contribution is 0.102. The average molecular weight is 410 g/mol. The maximum atomic E-state index is 12.4. The second kappa shape index (κ2) is 9.09. The number of hydrogen-bond donors (Lipinski definition) is 1. The highest BCUT2D eigenvalue weighted by Crippen LogP contribution is 2.24. The van der Waals surface area contributed by atoms with E-state index in [0.29, 0.717) is 15.6 Å². The molecule has 0 aliphatic carbocycles. The standard InChI is InChI=1S/C24H21Cl2NO/c1-16(14-19-9-12-21(25)22(26)15-19)13-18-7-10-20(11-8-18)24(28)27-23-6-4-3-5-17(23)2/h3-12,15H,1,13-14H2,2H3,(H,27,28).